The molecule has 3 aromatic rings. The van der Waals surface area contributed by atoms with E-state index in [1.54, 1.807) is 25.5 Å². The molecule has 2 aromatic carbocycles. The van der Waals surface area contributed by atoms with Gasteiger partial charge in [0.15, 0.2) is 0 Å². The molecule has 1 aliphatic heterocycles. The minimum atomic E-state index is -3.69. The molecule has 0 radical (unpaired) electrons. The Morgan fingerprint density at radius 3 is 2.44 bits per heavy atom. The summed E-state index contributed by atoms with van der Waals surface area (Å²) >= 11 is 5.97. The molecular formula is C23H26ClN3O4S. The highest BCUT2D eigenvalue weighted by Crippen LogP contribution is 2.26. The maximum Gasteiger partial charge on any atom is 0.240 e. The summed E-state index contributed by atoms with van der Waals surface area (Å²) in [5.41, 5.74) is 1.14. The van der Waals surface area contributed by atoms with E-state index in [4.69, 9.17) is 20.8 Å². The Bertz CT molecular complexity index is 1110. The zero-order valence-electron chi connectivity index (χ0n) is 17.8. The summed E-state index contributed by atoms with van der Waals surface area (Å²) < 4.78 is 39.2. The minimum absolute atomic E-state index is 0.146. The van der Waals surface area contributed by atoms with Gasteiger partial charge in [0, 0.05) is 43.4 Å². The number of methoxy groups -OCH3 is 1. The third-order valence-electron chi connectivity index (χ3n) is 5.64. The Morgan fingerprint density at radius 2 is 1.81 bits per heavy atom. The lowest BCUT2D eigenvalue weighted by Gasteiger charge is -2.39. The van der Waals surface area contributed by atoms with Crippen molar-refractivity contribution < 1.29 is 17.6 Å². The predicted molar refractivity (Wildman–Crippen MR) is 125 cm³/mol. The molecule has 0 bridgehead atoms. The lowest BCUT2D eigenvalue weighted by molar-refractivity contribution is 0.166. The van der Waals surface area contributed by atoms with Crippen molar-refractivity contribution in [3.05, 3.63) is 77.7 Å². The average molecular weight is 476 g/mol. The van der Waals surface area contributed by atoms with E-state index in [0.29, 0.717) is 5.02 Å². The van der Waals surface area contributed by atoms with Crippen LogP contribution in [0.4, 0.5) is 5.69 Å². The quantitative estimate of drug-likeness (QED) is 0.534. The third kappa shape index (κ3) is 5.27. The molecule has 1 aliphatic rings. The zero-order valence-corrected chi connectivity index (χ0v) is 19.3. The van der Waals surface area contributed by atoms with E-state index >= 15 is 0 Å². The summed E-state index contributed by atoms with van der Waals surface area (Å²) in [4.78, 5) is 4.71. The second-order valence-electron chi connectivity index (χ2n) is 7.56. The van der Waals surface area contributed by atoms with Crippen LogP contribution in [0.15, 0.2) is 76.2 Å². The molecule has 0 aliphatic carbocycles. The van der Waals surface area contributed by atoms with Gasteiger partial charge in [-0.05, 0) is 54.6 Å². The van der Waals surface area contributed by atoms with Gasteiger partial charge in [-0.1, -0.05) is 17.7 Å². The second kappa shape index (κ2) is 9.95. The normalized spacial score (nSPS) is 16.1. The molecule has 170 valence electrons. The van der Waals surface area contributed by atoms with Crippen LogP contribution in [0.5, 0.6) is 5.75 Å². The van der Waals surface area contributed by atoms with Crippen molar-refractivity contribution in [2.45, 2.75) is 10.9 Å². The van der Waals surface area contributed by atoms with Crippen LogP contribution in [-0.4, -0.2) is 53.2 Å². The standard InChI is InChI=1S/C23H26ClN3O4S/c1-30-20-9-7-19(8-10-20)26-11-13-27(14-12-26)22(23-6-3-15-31-23)17-25-32(28,29)21-5-2-4-18(24)16-21/h2-10,15-16,22,25H,11-14,17H2,1H3. The van der Waals surface area contributed by atoms with Crippen molar-refractivity contribution >= 4 is 27.3 Å². The SMILES string of the molecule is COc1ccc(N2CCN(C(CNS(=O)(=O)c3cccc(Cl)c3)c3ccco3)CC2)cc1. The van der Waals surface area contributed by atoms with Gasteiger partial charge in [-0.2, -0.15) is 0 Å². The van der Waals surface area contributed by atoms with Gasteiger partial charge in [0.2, 0.25) is 10.0 Å². The first-order valence-corrected chi connectivity index (χ1v) is 12.2. The molecule has 1 N–H and O–H groups in total. The van der Waals surface area contributed by atoms with Gasteiger partial charge in [0.1, 0.15) is 11.5 Å². The highest BCUT2D eigenvalue weighted by molar-refractivity contribution is 7.89. The molecule has 1 aromatic heterocycles. The Morgan fingerprint density at radius 1 is 1.06 bits per heavy atom. The number of sulfonamides is 1. The highest BCUT2D eigenvalue weighted by Gasteiger charge is 2.28. The summed E-state index contributed by atoms with van der Waals surface area (Å²) in [6.07, 6.45) is 1.61. The van der Waals surface area contributed by atoms with Crippen molar-refractivity contribution in [3.8, 4) is 5.75 Å². The monoisotopic (exact) mass is 475 g/mol. The predicted octanol–water partition coefficient (Wildman–Crippen LogP) is 3.78. The van der Waals surface area contributed by atoms with Gasteiger partial charge in [-0.3, -0.25) is 4.90 Å². The lowest BCUT2D eigenvalue weighted by Crippen LogP contribution is -2.49. The fraction of sp³-hybridized carbons (Fsp3) is 0.304. The summed E-state index contributed by atoms with van der Waals surface area (Å²) in [6.45, 7) is 3.40. The molecular weight excluding hydrogens is 450 g/mol. The number of hydrogen-bond acceptors (Lipinski definition) is 6. The molecule has 9 heteroatoms. The number of halogens is 1. The van der Waals surface area contributed by atoms with Crippen LogP contribution in [0.2, 0.25) is 5.02 Å². The second-order valence-corrected chi connectivity index (χ2v) is 9.76. The third-order valence-corrected chi connectivity index (χ3v) is 7.29. The fourth-order valence-electron chi connectivity index (χ4n) is 3.88. The van der Waals surface area contributed by atoms with Gasteiger partial charge >= 0.3 is 0 Å². The van der Waals surface area contributed by atoms with Gasteiger partial charge < -0.3 is 14.1 Å². The summed E-state index contributed by atoms with van der Waals surface area (Å²) in [5, 5.41) is 0.380. The van der Waals surface area contributed by atoms with E-state index in [9.17, 15) is 8.42 Å². The van der Waals surface area contributed by atoms with E-state index < -0.39 is 10.0 Å². The number of anilines is 1. The van der Waals surface area contributed by atoms with Crippen molar-refractivity contribution in [1.82, 2.24) is 9.62 Å². The maximum atomic E-state index is 12.8. The average Bonchev–Trinajstić information content (AvgIpc) is 3.34. The smallest absolute Gasteiger partial charge is 0.240 e. The number of nitrogens with zero attached hydrogens (tertiary/aromatic N) is 2. The minimum Gasteiger partial charge on any atom is -0.497 e. The summed E-state index contributed by atoms with van der Waals surface area (Å²) in [5.74, 6) is 1.56. The molecule has 4 rings (SSSR count). The summed E-state index contributed by atoms with van der Waals surface area (Å²) in [7, 11) is -2.04. The van der Waals surface area contributed by atoms with Gasteiger partial charge in [0.25, 0.3) is 0 Å². The molecule has 0 amide bonds. The summed E-state index contributed by atoms with van der Waals surface area (Å²) in [6, 6.07) is 17.8. The van der Waals surface area contributed by atoms with E-state index in [0.717, 1.165) is 43.4 Å². The number of benzene rings is 2. The van der Waals surface area contributed by atoms with Crippen LogP contribution in [0.25, 0.3) is 0 Å². The first kappa shape index (κ1) is 22.7. The fourth-order valence-corrected chi connectivity index (χ4v) is 5.22. The largest absolute Gasteiger partial charge is 0.497 e. The Kier molecular flexibility index (Phi) is 7.05. The van der Waals surface area contributed by atoms with Crippen LogP contribution in [0.3, 0.4) is 0 Å². The number of piperazine rings is 1. The van der Waals surface area contributed by atoms with Gasteiger partial charge in [-0.15, -0.1) is 0 Å². The molecule has 2 heterocycles. The number of rotatable bonds is 8. The Labute approximate surface area is 193 Å². The van der Waals surface area contributed by atoms with Crippen molar-refractivity contribution in [2.75, 3.05) is 44.7 Å². The molecule has 0 spiro atoms. The maximum absolute atomic E-state index is 12.8. The molecule has 1 fully saturated rings. The molecule has 7 nitrogen and oxygen atoms in total. The van der Waals surface area contributed by atoms with Crippen LogP contribution in [0, 0.1) is 0 Å². The van der Waals surface area contributed by atoms with E-state index in [1.165, 1.54) is 12.1 Å². The van der Waals surface area contributed by atoms with Crippen molar-refractivity contribution in [1.29, 1.82) is 0 Å². The van der Waals surface area contributed by atoms with Crippen LogP contribution < -0.4 is 14.4 Å². The molecule has 32 heavy (non-hydrogen) atoms. The lowest BCUT2D eigenvalue weighted by atomic mass is 10.1. The van der Waals surface area contributed by atoms with Crippen LogP contribution >= 0.6 is 11.6 Å². The van der Waals surface area contributed by atoms with Crippen molar-refractivity contribution in [2.24, 2.45) is 0 Å². The van der Waals surface area contributed by atoms with E-state index in [-0.39, 0.29) is 17.5 Å². The number of nitrogens with one attached hydrogen (secondary N) is 1. The Hall–Kier alpha value is -2.52. The van der Waals surface area contributed by atoms with Crippen molar-refractivity contribution in [3.63, 3.8) is 0 Å². The number of furan rings is 1. The number of ether oxygens (including phenoxy) is 1. The first-order chi connectivity index (χ1) is 15.5. The first-order valence-electron chi connectivity index (χ1n) is 10.4. The number of hydrogen-bond donors (Lipinski definition) is 1. The van der Waals surface area contributed by atoms with Gasteiger partial charge in [-0.25, -0.2) is 13.1 Å². The van der Waals surface area contributed by atoms with E-state index in [1.807, 2.05) is 24.3 Å². The molecule has 1 unspecified atom stereocenters. The molecule has 1 saturated heterocycles. The van der Waals surface area contributed by atoms with Crippen LogP contribution in [0.1, 0.15) is 11.8 Å². The molecule has 0 saturated carbocycles. The molecule has 1 atom stereocenters. The van der Waals surface area contributed by atoms with Gasteiger partial charge in [0.05, 0.1) is 24.3 Å². The van der Waals surface area contributed by atoms with Crippen LogP contribution in [-0.2, 0) is 10.0 Å². The Balaban J connectivity index is 1.44. The highest BCUT2D eigenvalue weighted by atomic mass is 35.5. The topological polar surface area (TPSA) is 75.0 Å². The van der Waals surface area contributed by atoms with E-state index in [2.05, 4.69) is 26.7 Å². The zero-order chi connectivity index (χ0) is 22.6.